The number of hydrogen-bond acceptors (Lipinski definition) is 4. The first-order chi connectivity index (χ1) is 8.57. The topological polar surface area (TPSA) is 52.6 Å². The Balaban J connectivity index is 2.53. The van der Waals surface area contributed by atoms with Gasteiger partial charge in [0.05, 0.1) is 12.0 Å². The lowest BCUT2D eigenvalue weighted by atomic mass is 9.71. The van der Waals surface area contributed by atoms with Gasteiger partial charge < -0.3 is 9.47 Å². The highest BCUT2D eigenvalue weighted by Gasteiger charge is 2.42. The first-order valence-electron chi connectivity index (χ1n) is 6.50. The van der Waals surface area contributed by atoms with Crippen LogP contribution < -0.4 is 0 Å². The van der Waals surface area contributed by atoms with Crippen LogP contribution in [0.2, 0.25) is 0 Å². The minimum Gasteiger partial charge on any atom is -0.466 e. The third kappa shape index (κ3) is 3.61. The minimum absolute atomic E-state index is 0.106. The van der Waals surface area contributed by atoms with Crippen molar-refractivity contribution in [3.8, 4) is 0 Å². The summed E-state index contributed by atoms with van der Waals surface area (Å²) in [6.45, 7) is 4.22. The number of esters is 2. The molecule has 0 radical (unpaired) electrons. The zero-order chi connectivity index (χ0) is 13.6. The maximum Gasteiger partial charge on any atom is 0.321 e. The van der Waals surface area contributed by atoms with Gasteiger partial charge in [-0.1, -0.05) is 6.92 Å². The molecular weight excluding hydrogens is 256 g/mol. The highest BCUT2D eigenvalue weighted by Crippen LogP contribution is 2.41. The molecular formula is C13H21ClO4. The lowest BCUT2D eigenvalue weighted by molar-refractivity contribution is -0.161. The summed E-state index contributed by atoms with van der Waals surface area (Å²) in [4.78, 5) is 23.1. The number of halogens is 1. The lowest BCUT2D eigenvalue weighted by Gasteiger charge is -2.36. The van der Waals surface area contributed by atoms with Crippen molar-refractivity contribution in [2.45, 2.75) is 52.1 Å². The van der Waals surface area contributed by atoms with Gasteiger partial charge in [0.2, 0.25) is 0 Å². The normalized spacial score (nSPS) is 27.6. The van der Waals surface area contributed by atoms with Gasteiger partial charge in [-0.25, -0.2) is 0 Å². The molecule has 18 heavy (non-hydrogen) atoms. The van der Waals surface area contributed by atoms with E-state index in [-0.39, 0.29) is 29.3 Å². The summed E-state index contributed by atoms with van der Waals surface area (Å²) in [6.07, 6.45) is 3.49. The monoisotopic (exact) mass is 276 g/mol. The predicted molar refractivity (Wildman–Crippen MR) is 68.4 cm³/mol. The summed E-state index contributed by atoms with van der Waals surface area (Å²) < 4.78 is 10.3. The highest BCUT2D eigenvalue weighted by molar-refractivity contribution is 6.26. The summed E-state index contributed by atoms with van der Waals surface area (Å²) in [5.74, 6) is -0.621. The molecule has 0 amide bonds. The van der Waals surface area contributed by atoms with E-state index < -0.39 is 0 Å². The van der Waals surface area contributed by atoms with Crippen molar-refractivity contribution < 1.29 is 19.1 Å². The quantitative estimate of drug-likeness (QED) is 0.572. The van der Waals surface area contributed by atoms with Crippen molar-refractivity contribution in [1.82, 2.24) is 0 Å². The molecule has 104 valence electrons. The van der Waals surface area contributed by atoms with E-state index in [1.807, 2.05) is 13.8 Å². The molecule has 5 heteroatoms. The van der Waals surface area contributed by atoms with Gasteiger partial charge in [-0.2, -0.15) is 0 Å². The Labute approximate surface area is 113 Å². The van der Waals surface area contributed by atoms with E-state index in [0.717, 1.165) is 6.42 Å². The van der Waals surface area contributed by atoms with Gasteiger partial charge in [0.25, 0.3) is 0 Å². The number of carbonyl (C=O) groups is 2. The number of carbonyl (C=O) groups excluding carboxylic acids is 2. The SMILES string of the molecule is CCOC(=O)[C@]1(CC)CC[C@@H](OC(=O)CCl)CC1. The summed E-state index contributed by atoms with van der Waals surface area (Å²) in [6, 6.07) is 0. The Hall–Kier alpha value is -0.770. The maximum absolute atomic E-state index is 12.0. The van der Waals surface area contributed by atoms with Crippen LogP contribution in [0, 0.1) is 5.41 Å². The van der Waals surface area contributed by atoms with Gasteiger partial charge in [-0.3, -0.25) is 9.59 Å². The van der Waals surface area contributed by atoms with E-state index in [1.165, 1.54) is 0 Å². The van der Waals surface area contributed by atoms with Gasteiger partial charge >= 0.3 is 11.9 Å². The van der Waals surface area contributed by atoms with Crippen LogP contribution in [0.4, 0.5) is 0 Å². The number of ether oxygens (including phenoxy) is 2. The Morgan fingerprint density at radius 3 is 2.33 bits per heavy atom. The van der Waals surface area contributed by atoms with Crippen molar-refractivity contribution in [2.75, 3.05) is 12.5 Å². The molecule has 0 saturated heterocycles. The van der Waals surface area contributed by atoms with E-state index in [2.05, 4.69) is 0 Å². The first-order valence-corrected chi connectivity index (χ1v) is 7.04. The van der Waals surface area contributed by atoms with Crippen LogP contribution in [0.5, 0.6) is 0 Å². The van der Waals surface area contributed by atoms with Gasteiger partial charge in [-0.05, 0) is 39.0 Å². The molecule has 0 aliphatic heterocycles. The largest absolute Gasteiger partial charge is 0.466 e. The second kappa shape index (κ2) is 6.98. The fraction of sp³-hybridized carbons (Fsp3) is 0.846. The molecule has 1 saturated carbocycles. The second-order valence-corrected chi connectivity index (χ2v) is 4.94. The smallest absolute Gasteiger partial charge is 0.321 e. The van der Waals surface area contributed by atoms with Gasteiger partial charge in [0.1, 0.15) is 12.0 Å². The molecule has 0 N–H and O–H groups in total. The molecule has 0 unspecified atom stereocenters. The molecule has 0 spiro atoms. The van der Waals surface area contributed by atoms with Gasteiger partial charge in [0.15, 0.2) is 0 Å². The summed E-state index contributed by atoms with van der Waals surface area (Å²) >= 11 is 5.40. The third-order valence-corrected chi connectivity index (χ3v) is 3.90. The van der Waals surface area contributed by atoms with Crippen molar-refractivity contribution >= 4 is 23.5 Å². The van der Waals surface area contributed by atoms with Crippen LogP contribution in [-0.4, -0.2) is 30.5 Å². The van der Waals surface area contributed by atoms with Gasteiger partial charge in [0, 0.05) is 0 Å². The van der Waals surface area contributed by atoms with Crippen molar-refractivity contribution in [1.29, 1.82) is 0 Å². The van der Waals surface area contributed by atoms with Crippen LogP contribution in [-0.2, 0) is 19.1 Å². The van der Waals surface area contributed by atoms with Crippen LogP contribution in [0.15, 0.2) is 0 Å². The average Bonchev–Trinajstić information content (AvgIpc) is 2.40. The van der Waals surface area contributed by atoms with Crippen LogP contribution >= 0.6 is 11.6 Å². The summed E-state index contributed by atoms with van der Waals surface area (Å²) in [7, 11) is 0. The molecule has 0 heterocycles. The molecule has 1 aliphatic carbocycles. The van der Waals surface area contributed by atoms with E-state index in [4.69, 9.17) is 21.1 Å². The van der Waals surface area contributed by atoms with E-state index in [9.17, 15) is 9.59 Å². The molecule has 1 aliphatic rings. The molecule has 0 aromatic heterocycles. The molecule has 0 aromatic rings. The van der Waals surface area contributed by atoms with Crippen LogP contribution in [0.25, 0.3) is 0 Å². The molecule has 0 bridgehead atoms. The average molecular weight is 277 g/mol. The molecule has 4 nitrogen and oxygen atoms in total. The molecule has 0 atom stereocenters. The first kappa shape index (κ1) is 15.3. The van der Waals surface area contributed by atoms with Crippen molar-refractivity contribution in [2.24, 2.45) is 5.41 Å². The summed E-state index contributed by atoms with van der Waals surface area (Å²) in [5, 5.41) is 0. The minimum atomic E-state index is -0.389. The van der Waals surface area contributed by atoms with Crippen LogP contribution in [0.1, 0.15) is 46.0 Å². The Bertz CT molecular complexity index is 295. The Morgan fingerprint density at radius 2 is 1.89 bits per heavy atom. The molecule has 0 aromatic carbocycles. The Kier molecular flexibility index (Phi) is 5.93. The predicted octanol–water partition coefficient (Wildman–Crippen LogP) is 2.67. The zero-order valence-electron chi connectivity index (χ0n) is 11.0. The fourth-order valence-corrected chi connectivity index (χ4v) is 2.53. The molecule has 1 rings (SSSR count). The lowest BCUT2D eigenvalue weighted by Crippen LogP contribution is -2.39. The van der Waals surface area contributed by atoms with E-state index in [0.29, 0.717) is 32.3 Å². The molecule has 1 fully saturated rings. The maximum atomic E-state index is 12.0. The van der Waals surface area contributed by atoms with Crippen LogP contribution in [0.3, 0.4) is 0 Å². The van der Waals surface area contributed by atoms with E-state index >= 15 is 0 Å². The zero-order valence-corrected chi connectivity index (χ0v) is 11.8. The third-order valence-electron chi connectivity index (χ3n) is 3.68. The number of hydrogen-bond donors (Lipinski definition) is 0. The standard InChI is InChI=1S/C13H21ClO4/c1-3-13(12(16)17-4-2)7-5-10(6-8-13)18-11(15)9-14/h10H,3-9H2,1-2H3/t10-,13-. The number of alkyl halides is 1. The number of rotatable bonds is 5. The summed E-state index contributed by atoms with van der Waals surface area (Å²) in [5.41, 5.74) is -0.389. The van der Waals surface area contributed by atoms with E-state index in [1.54, 1.807) is 0 Å². The second-order valence-electron chi connectivity index (χ2n) is 4.68. The Morgan fingerprint density at radius 1 is 1.28 bits per heavy atom. The van der Waals surface area contributed by atoms with Crippen molar-refractivity contribution in [3.05, 3.63) is 0 Å². The van der Waals surface area contributed by atoms with Crippen molar-refractivity contribution in [3.63, 3.8) is 0 Å². The van der Waals surface area contributed by atoms with Gasteiger partial charge in [-0.15, -0.1) is 11.6 Å². The fourth-order valence-electron chi connectivity index (χ4n) is 2.47. The highest BCUT2D eigenvalue weighted by atomic mass is 35.5.